The molecule has 0 amide bonds. The molecular formula is C26H26FN7O. The fraction of sp³-hybridized carbons (Fsp3) is 0.269. The van der Waals surface area contributed by atoms with Crippen molar-refractivity contribution in [3.8, 4) is 17.2 Å². The molecule has 0 saturated heterocycles. The molecule has 0 radical (unpaired) electrons. The third kappa shape index (κ3) is 3.34. The van der Waals surface area contributed by atoms with Crippen LogP contribution in [0.5, 0.6) is 0 Å². The van der Waals surface area contributed by atoms with Gasteiger partial charge in [-0.15, -0.1) is 0 Å². The molecule has 0 spiro atoms. The van der Waals surface area contributed by atoms with Gasteiger partial charge in [-0.05, 0) is 62.4 Å². The van der Waals surface area contributed by atoms with Crippen molar-refractivity contribution in [2.75, 3.05) is 13.6 Å². The van der Waals surface area contributed by atoms with Crippen molar-refractivity contribution in [2.45, 2.75) is 26.8 Å². The van der Waals surface area contributed by atoms with E-state index >= 15 is 0 Å². The zero-order chi connectivity index (χ0) is 24.4. The van der Waals surface area contributed by atoms with Crippen molar-refractivity contribution in [3.63, 3.8) is 0 Å². The Kier molecular flexibility index (Phi) is 4.79. The molecule has 178 valence electrons. The molecule has 0 aliphatic carbocycles. The second-order valence-corrected chi connectivity index (χ2v) is 9.37. The van der Waals surface area contributed by atoms with Crippen LogP contribution in [-0.2, 0) is 20.0 Å². The minimum Gasteiger partial charge on any atom is -0.302 e. The molecule has 0 saturated carbocycles. The largest absolute Gasteiger partial charge is 0.338 e. The van der Waals surface area contributed by atoms with Crippen molar-refractivity contribution in [1.29, 1.82) is 0 Å². The monoisotopic (exact) mass is 471 g/mol. The summed E-state index contributed by atoms with van der Waals surface area (Å²) in [6, 6.07) is 9.41. The summed E-state index contributed by atoms with van der Waals surface area (Å²) in [5.74, 6) is 0.476. The normalized spacial score (nSPS) is 14.1. The zero-order valence-corrected chi connectivity index (χ0v) is 20.2. The molecule has 0 N–H and O–H groups in total. The molecule has 2 aromatic carbocycles. The number of nitrogens with zero attached hydrogens (tertiary/aromatic N) is 7. The highest BCUT2D eigenvalue weighted by atomic mass is 19.1. The van der Waals surface area contributed by atoms with Crippen molar-refractivity contribution in [1.82, 2.24) is 33.6 Å². The third-order valence-corrected chi connectivity index (χ3v) is 6.88. The van der Waals surface area contributed by atoms with E-state index in [1.807, 2.05) is 25.2 Å². The summed E-state index contributed by atoms with van der Waals surface area (Å²) in [6.07, 6.45) is 6.14. The predicted molar refractivity (Wildman–Crippen MR) is 132 cm³/mol. The van der Waals surface area contributed by atoms with Gasteiger partial charge in [-0.1, -0.05) is 0 Å². The number of halogens is 1. The summed E-state index contributed by atoms with van der Waals surface area (Å²) in [6.45, 7) is 5.08. The standard InChI is InChI=1S/C26H26FN7O/c1-16-11-20(12-17(2)24(16)27)34-25(21-15-30(3)8-7-22(21)29-34)33-10-9-32(26(33)35)19-5-6-23-18(13-19)14-28-31(23)4/h5-6,9-14H,7-8,15H2,1-4H3. The molecule has 1 aliphatic heterocycles. The zero-order valence-electron chi connectivity index (χ0n) is 20.2. The van der Waals surface area contributed by atoms with Crippen LogP contribution in [0.15, 0.2) is 53.7 Å². The maximum absolute atomic E-state index is 14.4. The van der Waals surface area contributed by atoms with Gasteiger partial charge in [0.05, 0.1) is 28.8 Å². The number of fused-ring (bicyclic) bond motifs is 2. The number of benzene rings is 2. The lowest BCUT2D eigenvalue weighted by atomic mass is 10.1. The summed E-state index contributed by atoms with van der Waals surface area (Å²) in [4.78, 5) is 16.0. The van der Waals surface area contributed by atoms with E-state index < -0.39 is 0 Å². The Morgan fingerprint density at radius 1 is 0.971 bits per heavy atom. The van der Waals surface area contributed by atoms with Crippen LogP contribution in [0.25, 0.3) is 28.1 Å². The molecule has 1 aliphatic rings. The summed E-state index contributed by atoms with van der Waals surface area (Å²) in [5.41, 5.74) is 5.39. The summed E-state index contributed by atoms with van der Waals surface area (Å²) in [5, 5.41) is 10.2. The number of hydrogen-bond acceptors (Lipinski definition) is 4. The Hall–Kier alpha value is -3.98. The average molecular weight is 472 g/mol. The minimum absolute atomic E-state index is 0.194. The number of imidazole rings is 1. The molecule has 0 fully saturated rings. The highest BCUT2D eigenvalue weighted by Crippen LogP contribution is 2.28. The van der Waals surface area contributed by atoms with E-state index in [1.165, 1.54) is 0 Å². The van der Waals surface area contributed by atoms with Gasteiger partial charge in [-0.3, -0.25) is 13.8 Å². The number of likely N-dealkylation sites (N-methyl/N-ethyl adjacent to an activating group) is 1. The molecule has 8 nitrogen and oxygen atoms in total. The fourth-order valence-electron chi connectivity index (χ4n) is 5.00. The molecule has 35 heavy (non-hydrogen) atoms. The quantitative estimate of drug-likeness (QED) is 0.404. The van der Waals surface area contributed by atoms with E-state index in [0.717, 1.165) is 46.5 Å². The third-order valence-electron chi connectivity index (χ3n) is 6.88. The van der Waals surface area contributed by atoms with E-state index in [1.54, 1.807) is 63.1 Å². The van der Waals surface area contributed by atoms with Gasteiger partial charge in [-0.25, -0.2) is 13.9 Å². The predicted octanol–water partition coefficient (Wildman–Crippen LogP) is 3.44. The van der Waals surface area contributed by atoms with E-state index in [9.17, 15) is 9.18 Å². The average Bonchev–Trinajstić information content (AvgIpc) is 3.51. The van der Waals surface area contributed by atoms with E-state index in [4.69, 9.17) is 5.10 Å². The molecule has 6 rings (SSSR count). The topological polar surface area (TPSA) is 65.8 Å². The molecule has 3 aromatic heterocycles. The van der Waals surface area contributed by atoms with Crippen LogP contribution in [-0.4, -0.2) is 47.2 Å². The van der Waals surface area contributed by atoms with Crippen LogP contribution in [0.2, 0.25) is 0 Å². The van der Waals surface area contributed by atoms with Crippen LogP contribution in [0, 0.1) is 19.7 Å². The fourth-order valence-corrected chi connectivity index (χ4v) is 5.00. The van der Waals surface area contributed by atoms with Crippen LogP contribution in [0.3, 0.4) is 0 Å². The first-order valence-corrected chi connectivity index (χ1v) is 11.6. The second kappa shape index (κ2) is 7.78. The number of hydrogen-bond donors (Lipinski definition) is 0. The van der Waals surface area contributed by atoms with Crippen molar-refractivity contribution in [2.24, 2.45) is 7.05 Å². The van der Waals surface area contributed by atoms with Crippen LogP contribution >= 0.6 is 0 Å². The van der Waals surface area contributed by atoms with Gasteiger partial charge in [0.2, 0.25) is 0 Å². The summed E-state index contributed by atoms with van der Waals surface area (Å²) in [7, 11) is 3.96. The van der Waals surface area contributed by atoms with Gasteiger partial charge in [-0.2, -0.15) is 10.2 Å². The van der Waals surface area contributed by atoms with E-state index in [-0.39, 0.29) is 11.5 Å². The molecule has 4 heterocycles. The van der Waals surface area contributed by atoms with Crippen LogP contribution < -0.4 is 5.69 Å². The van der Waals surface area contributed by atoms with Crippen molar-refractivity contribution < 1.29 is 4.39 Å². The van der Waals surface area contributed by atoms with Crippen LogP contribution in [0.4, 0.5) is 4.39 Å². The maximum Gasteiger partial charge on any atom is 0.338 e. The van der Waals surface area contributed by atoms with Gasteiger partial charge in [0.25, 0.3) is 0 Å². The highest BCUT2D eigenvalue weighted by Gasteiger charge is 2.27. The van der Waals surface area contributed by atoms with Crippen LogP contribution in [0.1, 0.15) is 22.4 Å². The maximum atomic E-state index is 14.4. The summed E-state index contributed by atoms with van der Waals surface area (Å²) < 4.78 is 21.3. The molecule has 0 atom stereocenters. The lowest BCUT2D eigenvalue weighted by Crippen LogP contribution is -2.28. The Labute approximate surface area is 201 Å². The Morgan fingerprint density at radius 3 is 2.49 bits per heavy atom. The van der Waals surface area contributed by atoms with Gasteiger partial charge >= 0.3 is 5.69 Å². The van der Waals surface area contributed by atoms with Gasteiger partial charge in [0, 0.05) is 49.9 Å². The van der Waals surface area contributed by atoms with Gasteiger partial charge < -0.3 is 4.90 Å². The molecule has 0 bridgehead atoms. The molecule has 9 heteroatoms. The molecular weight excluding hydrogens is 445 g/mol. The first-order chi connectivity index (χ1) is 16.8. The smallest absolute Gasteiger partial charge is 0.302 e. The lowest BCUT2D eigenvalue weighted by Gasteiger charge is -2.22. The van der Waals surface area contributed by atoms with E-state index in [2.05, 4.69) is 17.0 Å². The summed E-state index contributed by atoms with van der Waals surface area (Å²) >= 11 is 0. The number of rotatable bonds is 3. The Bertz CT molecular complexity index is 1650. The SMILES string of the molecule is Cc1cc(-n2nc3c(c2-n2ccn(-c4ccc5c(cnn5C)c4)c2=O)CN(C)CC3)cc(C)c1F. The van der Waals surface area contributed by atoms with Gasteiger partial charge in [0.15, 0.2) is 0 Å². The highest BCUT2D eigenvalue weighted by molar-refractivity contribution is 5.80. The minimum atomic E-state index is -0.221. The second-order valence-electron chi connectivity index (χ2n) is 9.37. The molecule has 5 aromatic rings. The number of aromatic nitrogens is 6. The van der Waals surface area contributed by atoms with Crippen molar-refractivity contribution >= 4 is 10.9 Å². The first-order valence-electron chi connectivity index (χ1n) is 11.6. The van der Waals surface area contributed by atoms with Crippen molar-refractivity contribution in [3.05, 3.63) is 87.6 Å². The number of aryl methyl sites for hydroxylation is 3. The van der Waals surface area contributed by atoms with Gasteiger partial charge in [0.1, 0.15) is 11.6 Å². The van der Waals surface area contributed by atoms with E-state index in [0.29, 0.717) is 23.5 Å². The Morgan fingerprint density at radius 2 is 1.71 bits per heavy atom. The lowest BCUT2D eigenvalue weighted by molar-refractivity contribution is 0.311. The molecule has 0 unspecified atom stereocenters. The first kappa shape index (κ1) is 21.5. The Balaban J connectivity index is 1.55.